The molecule has 0 fully saturated rings. The van der Waals surface area contributed by atoms with E-state index < -0.39 is 17.5 Å². The molecule has 0 heterocycles. The summed E-state index contributed by atoms with van der Waals surface area (Å²) in [6.45, 7) is 2.42. The van der Waals surface area contributed by atoms with Crippen molar-refractivity contribution in [1.82, 2.24) is 0 Å². The van der Waals surface area contributed by atoms with Gasteiger partial charge in [-0.25, -0.2) is 13.2 Å². The highest BCUT2D eigenvalue weighted by Crippen LogP contribution is 2.29. The molecular weight excluding hydrogens is 265 g/mol. The zero-order chi connectivity index (χ0) is 14.5. The first-order valence-corrected chi connectivity index (χ1v) is 6.50. The predicted octanol–water partition coefficient (Wildman–Crippen LogP) is 4.95. The molecule has 0 radical (unpaired) electrons. The summed E-state index contributed by atoms with van der Waals surface area (Å²) in [6, 6.07) is 7.48. The van der Waals surface area contributed by atoms with E-state index in [1.54, 1.807) is 0 Å². The monoisotopic (exact) mass is 280 g/mol. The quantitative estimate of drug-likeness (QED) is 0.704. The molecule has 0 saturated heterocycles. The van der Waals surface area contributed by atoms with E-state index in [1.807, 2.05) is 6.92 Å². The Morgan fingerprint density at radius 1 is 0.950 bits per heavy atom. The lowest BCUT2D eigenvalue weighted by atomic mass is 10.0. The predicted molar refractivity (Wildman–Crippen MR) is 72.2 cm³/mol. The second kappa shape index (κ2) is 6.46. The van der Waals surface area contributed by atoms with Crippen LogP contribution in [0.15, 0.2) is 36.4 Å². The van der Waals surface area contributed by atoms with Gasteiger partial charge in [-0.15, -0.1) is 0 Å². The minimum atomic E-state index is -0.718. The average Bonchev–Trinajstić information content (AvgIpc) is 2.41. The van der Waals surface area contributed by atoms with Crippen LogP contribution in [-0.4, -0.2) is 6.61 Å². The van der Waals surface area contributed by atoms with Crippen molar-refractivity contribution in [3.8, 4) is 16.9 Å². The minimum Gasteiger partial charge on any atom is -0.491 e. The van der Waals surface area contributed by atoms with Gasteiger partial charge in [-0.3, -0.25) is 0 Å². The van der Waals surface area contributed by atoms with Crippen LogP contribution in [0.4, 0.5) is 13.2 Å². The Morgan fingerprint density at radius 2 is 1.65 bits per heavy atom. The zero-order valence-corrected chi connectivity index (χ0v) is 11.1. The molecule has 106 valence electrons. The first-order chi connectivity index (χ1) is 9.63. The van der Waals surface area contributed by atoms with Gasteiger partial charge in [0.15, 0.2) is 11.6 Å². The van der Waals surface area contributed by atoms with Gasteiger partial charge < -0.3 is 4.74 Å². The standard InChI is InChI=1S/C16H15F3O/c1-2-3-9-20-15-8-7-11(10-14(15)19)16-12(17)5-4-6-13(16)18/h4-8,10H,2-3,9H2,1H3. The molecule has 0 bridgehead atoms. The molecule has 0 aliphatic carbocycles. The zero-order valence-electron chi connectivity index (χ0n) is 11.1. The van der Waals surface area contributed by atoms with Gasteiger partial charge in [-0.2, -0.15) is 0 Å². The third-order valence-electron chi connectivity index (χ3n) is 2.94. The second-order valence-electron chi connectivity index (χ2n) is 4.44. The van der Waals surface area contributed by atoms with Crippen LogP contribution in [0, 0.1) is 17.5 Å². The molecule has 20 heavy (non-hydrogen) atoms. The van der Waals surface area contributed by atoms with Crippen molar-refractivity contribution in [3.05, 3.63) is 53.8 Å². The first kappa shape index (κ1) is 14.4. The summed E-state index contributed by atoms with van der Waals surface area (Å²) in [6.07, 6.45) is 1.77. The van der Waals surface area contributed by atoms with Crippen LogP contribution < -0.4 is 4.74 Å². The summed E-state index contributed by atoms with van der Waals surface area (Å²) >= 11 is 0. The van der Waals surface area contributed by atoms with Crippen LogP contribution in [0.1, 0.15) is 19.8 Å². The lowest BCUT2D eigenvalue weighted by Crippen LogP contribution is -1.99. The van der Waals surface area contributed by atoms with E-state index >= 15 is 0 Å². The Labute approximate surface area is 116 Å². The maximum atomic E-state index is 13.9. The number of unbranched alkanes of at least 4 members (excludes halogenated alkanes) is 1. The fraction of sp³-hybridized carbons (Fsp3) is 0.250. The van der Waals surface area contributed by atoms with E-state index in [1.165, 1.54) is 18.2 Å². The molecule has 2 aromatic rings. The van der Waals surface area contributed by atoms with E-state index in [-0.39, 0.29) is 16.9 Å². The van der Waals surface area contributed by atoms with Crippen molar-refractivity contribution in [2.24, 2.45) is 0 Å². The van der Waals surface area contributed by atoms with Crippen LogP contribution >= 0.6 is 0 Å². The number of hydrogen-bond acceptors (Lipinski definition) is 1. The summed E-state index contributed by atoms with van der Waals surface area (Å²) in [5.41, 5.74) is -0.0764. The van der Waals surface area contributed by atoms with Crippen molar-refractivity contribution in [2.45, 2.75) is 19.8 Å². The number of benzene rings is 2. The lowest BCUT2D eigenvalue weighted by molar-refractivity contribution is 0.294. The molecule has 0 aliphatic heterocycles. The molecule has 0 aromatic heterocycles. The lowest BCUT2D eigenvalue weighted by Gasteiger charge is -2.09. The molecule has 2 aromatic carbocycles. The molecule has 0 atom stereocenters. The van der Waals surface area contributed by atoms with Crippen molar-refractivity contribution >= 4 is 0 Å². The van der Waals surface area contributed by atoms with E-state index in [0.717, 1.165) is 31.0 Å². The Balaban J connectivity index is 2.29. The molecule has 0 unspecified atom stereocenters. The van der Waals surface area contributed by atoms with Crippen LogP contribution in [0.2, 0.25) is 0 Å². The van der Waals surface area contributed by atoms with Gasteiger partial charge in [0.05, 0.1) is 12.2 Å². The molecule has 0 saturated carbocycles. The van der Waals surface area contributed by atoms with Gasteiger partial charge in [0.2, 0.25) is 0 Å². The van der Waals surface area contributed by atoms with Gasteiger partial charge in [-0.05, 0) is 36.2 Å². The van der Waals surface area contributed by atoms with E-state index in [2.05, 4.69) is 0 Å². The van der Waals surface area contributed by atoms with Crippen LogP contribution in [0.25, 0.3) is 11.1 Å². The molecule has 0 amide bonds. The summed E-state index contributed by atoms with van der Waals surface area (Å²) in [5, 5.41) is 0. The van der Waals surface area contributed by atoms with Crippen molar-refractivity contribution in [1.29, 1.82) is 0 Å². The smallest absolute Gasteiger partial charge is 0.165 e. The van der Waals surface area contributed by atoms with Crippen molar-refractivity contribution in [3.63, 3.8) is 0 Å². The average molecular weight is 280 g/mol. The highest BCUT2D eigenvalue weighted by molar-refractivity contribution is 5.65. The fourth-order valence-corrected chi connectivity index (χ4v) is 1.87. The van der Waals surface area contributed by atoms with Gasteiger partial charge >= 0.3 is 0 Å². The fourth-order valence-electron chi connectivity index (χ4n) is 1.87. The molecule has 2 rings (SSSR count). The van der Waals surface area contributed by atoms with Crippen molar-refractivity contribution in [2.75, 3.05) is 6.61 Å². The second-order valence-corrected chi connectivity index (χ2v) is 4.44. The van der Waals surface area contributed by atoms with E-state index in [0.29, 0.717) is 6.61 Å². The Kier molecular flexibility index (Phi) is 4.66. The highest BCUT2D eigenvalue weighted by atomic mass is 19.1. The number of halogens is 3. The largest absolute Gasteiger partial charge is 0.491 e. The van der Waals surface area contributed by atoms with Gasteiger partial charge in [0.25, 0.3) is 0 Å². The summed E-state index contributed by atoms with van der Waals surface area (Å²) in [4.78, 5) is 0. The SMILES string of the molecule is CCCCOc1ccc(-c2c(F)cccc2F)cc1F. The molecule has 0 spiro atoms. The number of hydrogen-bond donors (Lipinski definition) is 0. The molecular formula is C16H15F3O. The van der Waals surface area contributed by atoms with Crippen LogP contribution in [-0.2, 0) is 0 Å². The summed E-state index contributed by atoms with van der Waals surface area (Å²) in [5.74, 6) is -1.96. The van der Waals surface area contributed by atoms with E-state index in [9.17, 15) is 13.2 Å². The third kappa shape index (κ3) is 3.13. The van der Waals surface area contributed by atoms with Crippen molar-refractivity contribution < 1.29 is 17.9 Å². The molecule has 4 heteroatoms. The number of ether oxygens (including phenoxy) is 1. The minimum absolute atomic E-state index is 0.0962. The van der Waals surface area contributed by atoms with E-state index in [4.69, 9.17) is 4.74 Å². The maximum Gasteiger partial charge on any atom is 0.165 e. The first-order valence-electron chi connectivity index (χ1n) is 6.50. The Morgan fingerprint density at radius 3 is 2.25 bits per heavy atom. The van der Waals surface area contributed by atoms with Crippen LogP contribution in [0.3, 0.4) is 0 Å². The topological polar surface area (TPSA) is 9.23 Å². The molecule has 0 N–H and O–H groups in total. The number of rotatable bonds is 5. The third-order valence-corrected chi connectivity index (χ3v) is 2.94. The highest BCUT2D eigenvalue weighted by Gasteiger charge is 2.13. The Bertz CT molecular complexity index is 576. The van der Waals surface area contributed by atoms with Gasteiger partial charge in [0, 0.05) is 0 Å². The van der Waals surface area contributed by atoms with Gasteiger partial charge in [-0.1, -0.05) is 25.5 Å². The van der Waals surface area contributed by atoms with Crippen LogP contribution in [0.5, 0.6) is 5.75 Å². The summed E-state index contributed by atoms with van der Waals surface area (Å²) < 4.78 is 46.4. The van der Waals surface area contributed by atoms with Gasteiger partial charge in [0.1, 0.15) is 11.6 Å². The summed E-state index contributed by atoms with van der Waals surface area (Å²) in [7, 11) is 0. The Hall–Kier alpha value is -1.97. The normalized spacial score (nSPS) is 10.6. The molecule has 1 nitrogen and oxygen atoms in total. The maximum absolute atomic E-state index is 13.9. The molecule has 0 aliphatic rings.